The Bertz CT molecular complexity index is 875. The summed E-state index contributed by atoms with van der Waals surface area (Å²) in [5.74, 6) is -1.03. The number of anilines is 2. The van der Waals surface area contributed by atoms with Crippen LogP contribution in [-0.4, -0.2) is 42.9 Å². The number of hydroxylamine groups is 1. The van der Waals surface area contributed by atoms with E-state index in [0.29, 0.717) is 5.06 Å². The number of benzene rings is 1. The van der Waals surface area contributed by atoms with Crippen molar-refractivity contribution in [2.45, 2.75) is 0 Å². The Morgan fingerprint density at radius 1 is 1.44 bits per heavy atom. The van der Waals surface area contributed by atoms with Crippen LogP contribution in [-0.2, 0) is 10.2 Å². The summed E-state index contributed by atoms with van der Waals surface area (Å²) in [6.45, 7) is 0.0185. The molecule has 1 aromatic heterocycles. The molecular formula is C11H13BrFN7O4S. The minimum absolute atomic E-state index is 0.00134. The first-order valence-corrected chi connectivity index (χ1v) is 8.90. The molecule has 0 fully saturated rings. The summed E-state index contributed by atoms with van der Waals surface area (Å²) >= 11 is 2.98. The summed E-state index contributed by atoms with van der Waals surface area (Å²) in [7, 11) is -3.82. The molecule has 1 heterocycles. The van der Waals surface area contributed by atoms with Gasteiger partial charge in [0.15, 0.2) is 11.5 Å². The van der Waals surface area contributed by atoms with E-state index in [1.54, 1.807) is 0 Å². The smallest absolute Gasteiger partial charge is 0.274 e. The van der Waals surface area contributed by atoms with E-state index in [1.807, 2.05) is 4.72 Å². The van der Waals surface area contributed by atoms with E-state index in [9.17, 15) is 18.0 Å². The molecule has 0 bridgehead atoms. The summed E-state index contributed by atoms with van der Waals surface area (Å²) in [5.41, 5.74) is -0.0401. The molecule has 6 N–H and O–H groups in total. The average Bonchev–Trinajstić information content (AvgIpc) is 3.00. The van der Waals surface area contributed by atoms with Gasteiger partial charge in [0.25, 0.3) is 10.2 Å². The molecule has 1 aromatic carbocycles. The van der Waals surface area contributed by atoms with Gasteiger partial charge in [-0.3, -0.25) is 10.6 Å². The normalized spacial score (nSPS) is 11.4. The average molecular weight is 438 g/mol. The molecule has 0 atom stereocenters. The van der Waals surface area contributed by atoms with Crippen molar-refractivity contribution in [1.29, 1.82) is 5.41 Å². The minimum atomic E-state index is -3.82. The predicted octanol–water partition coefficient (Wildman–Crippen LogP) is 0.397. The van der Waals surface area contributed by atoms with E-state index >= 15 is 0 Å². The largest absolute Gasteiger partial charge is 0.364 e. The number of hydrogen-bond acceptors (Lipinski definition) is 8. The second kappa shape index (κ2) is 7.83. The lowest BCUT2D eigenvalue weighted by atomic mass is 10.3. The van der Waals surface area contributed by atoms with Crippen molar-refractivity contribution < 1.29 is 22.6 Å². The molecule has 0 aliphatic carbocycles. The molecule has 2 rings (SSSR count). The third-order valence-corrected chi connectivity index (χ3v) is 4.01. The van der Waals surface area contributed by atoms with Crippen molar-refractivity contribution in [1.82, 2.24) is 15.0 Å². The monoisotopic (exact) mass is 437 g/mol. The fourth-order valence-corrected chi connectivity index (χ4v) is 2.43. The van der Waals surface area contributed by atoms with Crippen LogP contribution in [0, 0.1) is 11.2 Å². The molecule has 0 unspecified atom stereocenters. The number of rotatable bonds is 7. The molecule has 0 aliphatic heterocycles. The van der Waals surface area contributed by atoms with Gasteiger partial charge in [-0.2, -0.15) is 8.42 Å². The van der Waals surface area contributed by atoms with E-state index in [-0.39, 0.29) is 34.8 Å². The molecule has 0 radical (unpaired) electrons. The zero-order valence-corrected chi connectivity index (χ0v) is 14.8. The molecule has 25 heavy (non-hydrogen) atoms. The number of amidine groups is 1. The van der Waals surface area contributed by atoms with Crippen LogP contribution in [0.5, 0.6) is 0 Å². The van der Waals surface area contributed by atoms with Crippen molar-refractivity contribution in [2.24, 2.45) is 5.14 Å². The van der Waals surface area contributed by atoms with E-state index in [0.717, 1.165) is 6.07 Å². The Labute approximate surface area is 149 Å². The van der Waals surface area contributed by atoms with Gasteiger partial charge in [0.2, 0.25) is 5.82 Å². The van der Waals surface area contributed by atoms with Crippen LogP contribution in [0.2, 0.25) is 0 Å². The number of aromatic nitrogens is 2. The predicted molar refractivity (Wildman–Crippen MR) is 89.1 cm³/mol. The van der Waals surface area contributed by atoms with Crippen LogP contribution in [0.15, 0.2) is 27.3 Å². The first-order valence-electron chi connectivity index (χ1n) is 6.56. The van der Waals surface area contributed by atoms with Crippen LogP contribution >= 0.6 is 15.9 Å². The molecule has 0 aliphatic rings. The Kier molecular flexibility index (Phi) is 6.02. The molecular weight excluding hydrogens is 425 g/mol. The van der Waals surface area contributed by atoms with Crippen molar-refractivity contribution in [2.75, 3.05) is 23.5 Å². The van der Waals surface area contributed by atoms with E-state index in [4.69, 9.17) is 10.5 Å². The lowest BCUT2D eigenvalue weighted by Gasteiger charge is -2.16. The first-order chi connectivity index (χ1) is 11.7. The zero-order valence-electron chi connectivity index (χ0n) is 12.4. The summed E-state index contributed by atoms with van der Waals surface area (Å²) in [6, 6.07) is 3.63. The summed E-state index contributed by atoms with van der Waals surface area (Å²) in [6.07, 6.45) is 0. The standard InChI is InChI=1S/C11H13BrFN7O4S/c12-7-5-6(1-2-8(7)13)20(21)10(14)9-11(19-24-18-9)16-3-4-17-25(15,22)23/h1-2,5,14,17,21H,3-4H2,(H,16,19)(H2,15,22,23). The van der Waals surface area contributed by atoms with Gasteiger partial charge in [0, 0.05) is 13.1 Å². The quantitative estimate of drug-likeness (QED) is 0.179. The topological polar surface area (TPSA) is 170 Å². The van der Waals surface area contributed by atoms with Gasteiger partial charge >= 0.3 is 0 Å². The second-order valence-electron chi connectivity index (χ2n) is 4.59. The van der Waals surface area contributed by atoms with E-state index in [2.05, 4.69) is 36.2 Å². The summed E-state index contributed by atoms with van der Waals surface area (Å²) < 4.78 is 41.4. The van der Waals surface area contributed by atoms with Gasteiger partial charge in [0.1, 0.15) is 5.82 Å². The van der Waals surface area contributed by atoms with Gasteiger partial charge in [-0.15, -0.1) is 0 Å². The lowest BCUT2D eigenvalue weighted by Crippen LogP contribution is -2.34. The molecule has 11 nitrogen and oxygen atoms in total. The third-order valence-electron chi connectivity index (χ3n) is 2.79. The second-order valence-corrected chi connectivity index (χ2v) is 6.82. The Morgan fingerprint density at radius 2 is 2.16 bits per heavy atom. The van der Waals surface area contributed by atoms with Gasteiger partial charge in [-0.1, -0.05) is 0 Å². The van der Waals surface area contributed by atoms with Crippen molar-refractivity contribution in [3.05, 3.63) is 34.2 Å². The first kappa shape index (κ1) is 19.2. The van der Waals surface area contributed by atoms with Gasteiger partial charge in [0.05, 0.1) is 10.2 Å². The third kappa shape index (κ3) is 5.17. The molecule has 0 spiro atoms. The highest BCUT2D eigenvalue weighted by Gasteiger charge is 2.21. The van der Waals surface area contributed by atoms with Crippen LogP contribution < -0.4 is 20.2 Å². The Balaban J connectivity index is 2.07. The van der Waals surface area contributed by atoms with Crippen molar-refractivity contribution >= 4 is 43.5 Å². The highest BCUT2D eigenvalue weighted by Crippen LogP contribution is 2.24. The molecule has 136 valence electrons. The van der Waals surface area contributed by atoms with Gasteiger partial charge < -0.3 is 5.32 Å². The number of nitrogens with two attached hydrogens (primary N) is 1. The van der Waals surface area contributed by atoms with Crippen molar-refractivity contribution in [3.8, 4) is 0 Å². The maximum absolute atomic E-state index is 13.3. The van der Waals surface area contributed by atoms with Crippen LogP contribution in [0.4, 0.5) is 15.9 Å². The van der Waals surface area contributed by atoms with E-state index in [1.165, 1.54) is 12.1 Å². The number of hydrogen-bond donors (Lipinski definition) is 5. The summed E-state index contributed by atoms with van der Waals surface area (Å²) in [4.78, 5) is 0. The highest BCUT2D eigenvalue weighted by molar-refractivity contribution is 9.10. The lowest BCUT2D eigenvalue weighted by molar-refractivity contribution is 0.300. The molecule has 0 amide bonds. The van der Waals surface area contributed by atoms with Crippen LogP contribution in [0.1, 0.15) is 5.69 Å². The number of nitrogens with one attached hydrogen (secondary N) is 3. The molecule has 0 saturated heterocycles. The maximum Gasteiger partial charge on any atom is 0.274 e. The Morgan fingerprint density at radius 3 is 2.80 bits per heavy atom. The number of nitrogens with zero attached hydrogens (tertiary/aromatic N) is 3. The fraction of sp³-hybridized carbons (Fsp3) is 0.182. The van der Waals surface area contributed by atoms with E-state index < -0.39 is 21.9 Å². The van der Waals surface area contributed by atoms with Crippen molar-refractivity contribution in [3.63, 3.8) is 0 Å². The minimum Gasteiger partial charge on any atom is -0.364 e. The van der Waals surface area contributed by atoms with Crippen LogP contribution in [0.25, 0.3) is 0 Å². The van der Waals surface area contributed by atoms with Crippen LogP contribution in [0.3, 0.4) is 0 Å². The van der Waals surface area contributed by atoms with Gasteiger partial charge in [-0.25, -0.2) is 23.9 Å². The SMILES string of the molecule is N=C(c1nonc1NCCNS(N)(=O)=O)N(O)c1ccc(F)c(Br)c1. The molecule has 14 heteroatoms. The maximum atomic E-state index is 13.3. The van der Waals surface area contributed by atoms with Gasteiger partial charge in [-0.05, 0) is 44.4 Å². The zero-order chi connectivity index (χ0) is 18.6. The Hall–Kier alpha value is -2.13. The molecule has 2 aromatic rings. The summed E-state index contributed by atoms with van der Waals surface area (Å²) in [5, 5.41) is 33.0. The molecule has 0 saturated carbocycles. The highest BCUT2D eigenvalue weighted by atomic mass is 79.9. The fourth-order valence-electron chi connectivity index (χ4n) is 1.68. The number of halogens is 2.